The average molecular weight is 238 g/mol. The van der Waals surface area contributed by atoms with Gasteiger partial charge in [0.1, 0.15) is 8.07 Å². The molecule has 0 heterocycles. The third kappa shape index (κ3) is 4.09. The normalized spacial score (nSPS) is 10.7. The van der Waals surface area contributed by atoms with E-state index in [1.165, 1.54) is 0 Å². The zero-order valence-corrected chi connectivity index (χ0v) is 11.2. The highest BCUT2D eigenvalue weighted by atomic mass is 35.5. The highest BCUT2D eigenvalue weighted by Gasteiger charge is 2.08. The van der Waals surface area contributed by atoms with Crippen molar-refractivity contribution in [2.24, 2.45) is 5.73 Å². The van der Waals surface area contributed by atoms with Gasteiger partial charge in [-0.1, -0.05) is 43.2 Å². The standard InChI is InChI=1S/C12H16ClNSi/c1-15(2,3)7-6-11-5-4-10(9-14)8-12(11)13/h4-5,8H,9,14H2,1-3H3. The van der Waals surface area contributed by atoms with Crippen molar-refractivity contribution in [3.63, 3.8) is 0 Å². The fourth-order valence-electron chi connectivity index (χ4n) is 1.04. The maximum atomic E-state index is 6.09. The van der Waals surface area contributed by atoms with Gasteiger partial charge in [0.25, 0.3) is 0 Å². The molecule has 15 heavy (non-hydrogen) atoms. The van der Waals surface area contributed by atoms with Gasteiger partial charge in [0, 0.05) is 12.1 Å². The van der Waals surface area contributed by atoms with Crippen molar-refractivity contribution in [2.45, 2.75) is 26.2 Å². The van der Waals surface area contributed by atoms with Crippen LogP contribution in [0.3, 0.4) is 0 Å². The van der Waals surface area contributed by atoms with Crippen molar-refractivity contribution in [1.29, 1.82) is 0 Å². The Morgan fingerprint density at radius 1 is 1.33 bits per heavy atom. The minimum Gasteiger partial charge on any atom is -0.326 e. The molecule has 0 aliphatic carbocycles. The molecule has 0 aromatic heterocycles. The van der Waals surface area contributed by atoms with Crippen LogP contribution in [0, 0.1) is 11.5 Å². The summed E-state index contributed by atoms with van der Waals surface area (Å²) in [6.07, 6.45) is 0. The first-order valence-corrected chi connectivity index (χ1v) is 8.82. The summed E-state index contributed by atoms with van der Waals surface area (Å²) in [5.74, 6) is 3.14. The van der Waals surface area contributed by atoms with E-state index in [4.69, 9.17) is 17.3 Å². The van der Waals surface area contributed by atoms with Crippen LogP contribution < -0.4 is 5.73 Å². The lowest BCUT2D eigenvalue weighted by Gasteiger charge is -2.04. The Morgan fingerprint density at radius 3 is 2.47 bits per heavy atom. The quantitative estimate of drug-likeness (QED) is 0.590. The number of halogens is 1. The summed E-state index contributed by atoms with van der Waals surface area (Å²) >= 11 is 6.09. The molecule has 0 radical (unpaired) electrons. The molecule has 80 valence electrons. The van der Waals surface area contributed by atoms with E-state index in [1.54, 1.807) is 0 Å². The van der Waals surface area contributed by atoms with Crippen LogP contribution in [0.4, 0.5) is 0 Å². The van der Waals surface area contributed by atoms with Crippen LogP contribution in [0.1, 0.15) is 11.1 Å². The van der Waals surface area contributed by atoms with E-state index < -0.39 is 8.07 Å². The van der Waals surface area contributed by atoms with Gasteiger partial charge in [-0.2, -0.15) is 0 Å². The van der Waals surface area contributed by atoms with Crippen molar-refractivity contribution >= 4 is 19.7 Å². The lowest BCUT2D eigenvalue weighted by atomic mass is 10.1. The highest BCUT2D eigenvalue weighted by Crippen LogP contribution is 2.16. The third-order valence-electron chi connectivity index (χ3n) is 1.84. The van der Waals surface area contributed by atoms with Gasteiger partial charge in [0.05, 0.1) is 5.02 Å². The smallest absolute Gasteiger partial charge is 0.129 e. The molecule has 2 N–H and O–H groups in total. The monoisotopic (exact) mass is 237 g/mol. The lowest BCUT2D eigenvalue weighted by Crippen LogP contribution is -2.16. The van der Waals surface area contributed by atoms with Crippen molar-refractivity contribution in [3.05, 3.63) is 34.3 Å². The Balaban J connectivity index is 3.01. The number of nitrogens with two attached hydrogens (primary N) is 1. The SMILES string of the molecule is C[Si](C)(C)C#Cc1ccc(CN)cc1Cl. The van der Waals surface area contributed by atoms with Gasteiger partial charge in [-0.05, 0) is 17.7 Å². The van der Waals surface area contributed by atoms with Gasteiger partial charge in [-0.15, -0.1) is 5.54 Å². The van der Waals surface area contributed by atoms with E-state index in [0.29, 0.717) is 11.6 Å². The first kappa shape index (κ1) is 12.3. The van der Waals surface area contributed by atoms with Crippen LogP contribution >= 0.6 is 11.6 Å². The fraction of sp³-hybridized carbons (Fsp3) is 0.333. The van der Waals surface area contributed by atoms with E-state index in [1.807, 2.05) is 18.2 Å². The van der Waals surface area contributed by atoms with Crippen LogP contribution in [0.5, 0.6) is 0 Å². The molecular formula is C12H16ClNSi. The predicted molar refractivity (Wildman–Crippen MR) is 69.6 cm³/mol. The summed E-state index contributed by atoms with van der Waals surface area (Å²) in [5.41, 5.74) is 10.8. The van der Waals surface area contributed by atoms with Crippen molar-refractivity contribution in [1.82, 2.24) is 0 Å². The van der Waals surface area contributed by atoms with Crippen molar-refractivity contribution < 1.29 is 0 Å². The average Bonchev–Trinajstić information content (AvgIpc) is 2.14. The number of benzene rings is 1. The van der Waals surface area contributed by atoms with Crippen LogP contribution in [-0.4, -0.2) is 8.07 Å². The van der Waals surface area contributed by atoms with Crippen LogP contribution in [0.25, 0.3) is 0 Å². The number of hydrogen-bond donors (Lipinski definition) is 1. The maximum absolute atomic E-state index is 6.09. The molecule has 0 bridgehead atoms. The van der Waals surface area contributed by atoms with E-state index in [9.17, 15) is 0 Å². The molecule has 0 aliphatic heterocycles. The van der Waals surface area contributed by atoms with Crippen molar-refractivity contribution in [2.75, 3.05) is 0 Å². The molecular weight excluding hydrogens is 222 g/mol. The Hall–Kier alpha value is -0.753. The van der Waals surface area contributed by atoms with Crippen LogP contribution in [0.15, 0.2) is 18.2 Å². The zero-order chi connectivity index (χ0) is 11.5. The second-order valence-electron chi connectivity index (χ2n) is 4.52. The predicted octanol–water partition coefficient (Wildman–Crippen LogP) is 3.03. The zero-order valence-electron chi connectivity index (χ0n) is 9.39. The van der Waals surface area contributed by atoms with E-state index >= 15 is 0 Å². The first-order chi connectivity index (χ1) is 6.92. The summed E-state index contributed by atoms with van der Waals surface area (Å²) in [7, 11) is -1.33. The summed E-state index contributed by atoms with van der Waals surface area (Å²) < 4.78 is 0. The van der Waals surface area contributed by atoms with Crippen molar-refractivity contribution in [3.8, 4) is 11.5 Å². The Labute approximate surface area is 97.6 Å². The second-order valence-corrected chi connectivity index (χ2v) is 9.68. The molecule has 1 nitrogen and oxygen atoms in total. The highest BCUT2D eigenvalue weighted by molar-refractivity contribution is 6.83. The first-order valence-electron chi connectivity index (χ1n) is 4.94. The molecule has 3 heteroatoms. The number of rotatable bonds is 1. The van der Waals surface area contributed by atoms with E-state index in [-0.39, 0.29) is 0 Å². The molecule has 0 saturated carbocycles. The molecule has 0 atom stereocenters. The molecule has 0 fully saturated rings. The second kappa shape index (κ2) is 4.85. The van der Waals surface area contributed by atoms with Crippen LogP contribution in [0.2, 0.25) is 24.7 Å². The molecule has 1 aromatic carbocycles. The topological polar surface area (TPSA) is 26.0 Å². The summed E-state index contributed by atoms with van der Waals surface area (Å²) in [5, 5.41) is 0.698. The Kier molecular flexibility index (Phi) is 3.98. The Bertz CT molecular complexity index is 410. The molecule has 0 saturated heterocycles. The minimum atomic E-state index is -1.33. The van der Waals surface area contributed by atoms with Gasteiger partial charge >= 0.3 is 0 Å². The van der Waals surface area contributed by atoms with Gasteiger partial charge in [0.2, 0.25) is 0 Å². The lowest BCUT2D eigenvalue weighted by molar-refractivity contribution is 1.07. The minimum absolute atomic E-state index is 0.515. The van der Waals surface area contributed by atoms with Gasteiger partial charge in [-0.3, -0.25) is 0 Å². The molecule has 0 amide bonds. The summed E-state index contributed by atoms with van der Waals surface area (Å²) in [6.45, 7) is 7.15. The third-order valence-corrected chi connectivity index (χ3v) is 3.03. The van der Waals surface area contributed by atoms with Gasteiger partial charge < -0.3 is 5.73 Å². The Morgan fingerprint density at radius 2 is 2.00 bits per heavy atom. The molecule has 1 aromatic rings. The van der Waals surface area contributed by atoms with E-state index in [0.717, 1.165) is 11.1 Å². The fourth-order valence-corrected chi connectivity index (χ4v) is 1.80. The molecule has 1 rings (SSSR count). The molecule has 0 spiro atoms. The summed E-state index contributed by atoms with van der Waals surface area (Å²) in [6, 6.07) is 5.80. The maximum Gasteiger partial charge on any atom is 0.129 e. The molecule has 0 aliphatic rings. The van der Waals surface area contributed by atoms with Crippen LogP contribution in [-0.2, 0) is 6.54 Å². The van der Waals surface area contributed by atoms with Gasteiger partial charge in [0.15, 0.2) is 0 Å². The summed E-state index contributed by atoms with van der Waals surface area (Å²) in [4.78, 5) is 0. The van der Waals surface area contributed by atoms with Gasteiger partial charge in [-0.25, -0.2) is 0 Å². The number of hydrogen-bond acceptors (Lipinski definition) is 1. The largest absolute Gasteiger partial charge is 0.326 e. The molecule has 0 unspecified atom stereocenters. The van der Waals surface area contributed by atoms with E-state index in [2.05, 4.69) is 31.1 Å².